The van der Waals surface area contributed by atoms with E-state index in [2.05, 4.69) is 11.8 Å². The molecule has 0 spiro atoms. The van der Waals surface area contributed by atoms with Gasteiger partial charge in [-0.3, -0.25) is 9.59 Å². The Balaban J connectivity index is 2.80. The maximum absolute atomic E-state index is 13.4. The molecule has 1 rings (SSSR count). The summed E-state index contributed by atoms with van der Waals surface area (Å²) in [7, 11) is 0. The van der Waals surface area contributed by atoms with Crippen molar-refractivity contribution in [2.24, 2.45) is 0 Å². The topological polar surface area (TPSA) is 54.4 Å². The van der Waals surface area contributed by atoms with Gasteiger partial charge >= 0.3 is 5.97 Å². The van der Waals surface area contributed by atoms with Crippen molar-refractivity contribution in [3.05, 3.63) is 35.1 Å². The average Bonchev–Trinajstić information content (AvgIpc) is 2.27. The second-order valence-corrected chi connectivity index (χ2v) is 4.62. The Morgan fingerprint density at radius 1 is 1.44 bits per heavy atom. The zero-order valence-electron chi connectivity index (χ0n) is 9.70. The molecule has 0 aliphatic carbocycles. The Morgan fingerprint density at radius 3 is 2.78 bits per heavy atom. The van der Waals surface area contributed by atoms with Gasteiger partial charge in [0.05, 0.1) is 17.7 Å². The molecule has 0 saturated carbocycles. The number of hydrogen-bond acceptors (Lipinski definition) is 3. The molecule has 0 aromatic heterocycles. The van der Waals surface area contributed by atoms with Gasteiger partial charge in [-0.25, -0.2) is 4.39 Å². The van der Waals surface area contributed by atoms with Gasteiger partial charge < -0.3 is 5.11 Å². The molecule has 94 valence electrons. The molecule has 0 aliphatic rings. The number of carbonyl (C=O) groups excluding carboxylic acids is 1. The molecular formula is C13H11FO3S. The molecule has 0 heterocycles. The van der Waals surface area contributed by atoms with Crippen molar-refractivity contribution in [1.82, 2.24) is 0 Å². The van der Waals surface area contributed by atoms with Crippen molar-refractivity contribution >= 4 is 22.8 Å². The van der Waals surface area contributed by atoms with Crippen LogP contribution in [0.5, 0.6) is 0 Å². The zero-order valence-corrected chi connectivity index (χ0v) is 10.5. The highest BCUT2D eigenvalue weighted by Crippen LogP contribution is 2.10. The van der Waals surface area contributed by atoms with Crippen molar-refractivity contribution < 1.29 is 19.1 Å². The van der Waals surface area contributed by atoms with E-state index in [4.69, 9.17) is 5.11 Å². The van der Waals surface area contributed by atoms with Gasteiger partial charge in [-0.1, -0.05) is 29.7 Å². The van der Waals surface area contributed by atoms with Gasteiger partial charge in [0.15, 0.2) is 5.12 Å². The van der Waals surface area contributed by atoms with E-state index >= 15 is 0 Å². The SMILES string of the molecule is CC(=O)SCC#Cc1cc(CC(=O)O)ccc1F. The molecule has 0 amide bonds. The summed E-state index contributed by atoms with van der Waals surface area (Å²) >= 11 is 1.04. The zero-order chi connectivity index (χ0) is 13.5. The predicted molar refractivity (Wildman–Crippen MR) is 67.8 cm³/mol. The number of rotatable bonds is 3. The number of aliphatic carboxylic acids is 1. The minimum atomic E-state index is -0.979. The summed E-state index contributed by atoms with van der Waals surface area (Å²) in [6, 6.07) is 4.02. The number of thioether (sulfide) groups is 1. The van der Waals surface area contributed by atoms with Crippen molar-refractivity contribution in [1.29, 1.82) is 0 Å². The van der Waals surface area contributed by atoms with Crippen LogP contribution >= 0.6 is 11.8 Å². The van der Waals surface area contributed by atoms with Gasteiger partial charge in [-0.05, 0) is 17.7 Å². The molecule has 3 nitrogen and oxygen atoms in total. The smallest absolute Gasteiger partial charge is 0.307 e. The van der Waals surface area contributed by atoms with Crippen LogP contribution in [0.4, 0.5) is 4.39 Å². The van der Waals surface area contributed by atoms with Gasteiger partial charge in [-0.15, -0.1) is 0 Å². The van der Waals surface area contributed by atoms with E-state index in [1.807, 2.05) is 0 Å². The fraction of sp³-hybridized carbons (Fsp3) is 0.231. The first kappa shape index (κ1) is 14.3. The fourth-order valence-corrected chi connectivity index (χ4v) is 1.57. The van der Waals surface area contributed by atoms with Crippen LogP contribution in [0.15, 0.2) is 18.2 Å². The van der Waals surface area contributed by atoms with Crippen LogP contribution in [0.2, 0.25) is 0 Å². The van der Waals surface area contributed by atoms with Gasteiger partial charge in [0.1, 0.15) is 5.82 Å². The lowest BCUT2D eigenvalue weighted by atomic mass is 10.1. The van der Waals surface area contributed by atoms with Crippen LogP contribution in [-0.2, 0) is 16.0 Å². The van der Waals surface area contributed by atoms with Crippen LogP contribution in [-0.4, -0.2) is 21.9 Å². The first-order valence-electron chi connectivity index (χ1n) is 5.11. The second-order valence-electron chi connectivity index (χ2n) is 3.47. The second kappa shape index (κ2) is 6.82. The Morgan fingerprint density at radius 2 is 2.17 bits per heavy atom. The van der Waals surface area contributed by atoms with Crippen LogP contribution < -0.4 is 0 Å². The Labute approximate surface area is 108 Å². The molecule has 0 radical (unpaired) electrons. The largest absolute Gasteiger partial charge is 0.481 e. The number of carboxylic acid groups (broad SMARTS) is 1. The Hall–Kier alpha value is -1.80. The van der Waals surface area contributed by atoms with E-state index < -0.39 is 11.8 Å². The molecule has 0 saturated heterocycles. The highest BCUT2D eigenvalue weighted by atomic mass is 32.2. The van der Waals surface area contributed by atoms with E-state index in [1.165, 1.54) is 25.1 Å². The molecular weight excluding hydrogens is 255 g/mol. The Bertz CT molecular complexity index is 529. The lowest BCUT2D eigenvalue weighted by molar-refractivity contribution is -0.136. The summed E-state index contributed by atoms with van der Waals surface area (Å²) in [5.74, 6) is 4.06. The van der Waals surface area contributed by atoms with E-state index in [0.717, 1.165) is 11.8 Å². The molecule has 5 heteroatoms. The third-order valence-corrected chi connectivity index (χ3v) is 2.65. The van der Waals surface area contributed by atoms with Crippen LogP contribution in [0, 0.1) is 17.7 Å². The van der Waals surface area contributed by atoms with Gasteiger partial charge in [0.25, 0.3) is 0 Å². The van der Waals surface area contributed by atoms with Gasteiger partial charge in [0, 0.05) is 6.92 Å². The molecule has 0 atom stereocenters. The van der Waals surface area contributed by atoms with Crippen LogP contribution in [0.25, 0.3) is 0 Å². The van der Waals surface area contributed by atoms with E-state index in [-0.39, 0.29) is 22.9 Å². The minimum Gasteiger partial charge on any atom is -0.481 e. The molecule has 0 fully saturated rings. The molecule has 1 aromatic rings. The van der Waals surface area contributed by atoms with Gasteiger partial charge in [-0.2, -0.15) is 0 Å². The lowest BCUT2D eigenvalue weighted by Crippen LogP contribution is -2.00. The monoisotopic (exact) mass is 266 g/mol. The van der Waals surface area contributed by atoms with E-state index in [9.17, 15) is 14.0 Å². The molecule has 1 N–H and O–H groups in total. The highest BCUT2D eigenvalue weighted by Gasteiger charge is 2.04. The van der Waals surface area contributed by atoms with Crippen molar-refractivity contribution in [2.45, 2.75) is 13.3 Å². The standard InChI is InChI=1S/C13H11FO3S/c1-9(15)18-6-2-3-11-7-10(8-13(16)17)4-5-12(11)14/h4-5,7H,6,8H2,1H3,(H,16,17). The quantitative estimate of drug-likeness (QED) is 0.851. The van der Waals surface area contributed by atoms with Gasteiger partial charge in [0.2, 0.25) is 0 Å². The third kappa shape index (κ3) is 5.02. The van der Waals surface area contributed by atoms with Crippen LogP contribution in [0.1, 0.15) is 18.1 Å². The summed E-state index contributed by atoms with van der Waals surface area (Å²) < 4.78 is 13.4. The highest BCUT2D eigenvalue weighted by molar-refractivity contribution is 8.13. The summed E-state index contributed by atoms with van der Waals surface area (Å²) in [5, 5.41) is 8.58. The van der Waals surface area contributed by atoms with Crippen molar-refractivity contribution in [2.75, 3.05) is 5.75 Å². The van der Waals surface area contributed by atoms with Crippen molar-refractivity contribution in [3.63, 3.8) is 0 Å². The number of halogens is 1. The molecule has 18 heavy (non-hydrogen) atoms. The number of carbonyl (C=O) groups is 2. The summed E-state index contributed by atoms with van der Waals surface area (Å²) in [4.78, 5) is 21.2. The molecule has 1 aromatic carbocycles. The normalized spacial score (nSPS) is 9.44. The first-order chi connectivity index (χ1) is 8.49. The summed E-state index contributed by atoms with van der Waals surface area (Å²) in [6.45, 7) is 1.43. The maximum Gasteiger partial charge on any atom is 0.307 e. The third-order valence-electron chi connectivity index (χ3n) is 1.96. The number of carboxylic acids is 1. The molecule has 0 bridgehead atoms. The lowest BCUT2D eigenvalue weighted by Gasteiger charge is -1.99. The fourth-order valence-electron chi connectivity index (χ4n) is 1.22. The summed E-state index contributed by atoms with van der Waals surface area (Å²) in [5.41, 5.74) is 0.644. The first-order valence-corrected chi connectivity index (χ1v) is 6.10. The van der Waals surface area contributed by atoms with E-state index in [1.54, 1.807) is 0 Å². The predicted octanol–water partition coefficient (Wildman–Crippen LogP) is 2.08. The maximum atomic E-state index is 13.4. The van der Waals surface area contributed by atoms with Crippen molar-refractivity contribution in [3.8, 4) is 11.8 Å². The molecule has 0 unspecified atom stereocenters. The summed E-state index contributed by atoms with van der Waals surface area (Å²) in [6.07, 6.45) is -0.169. The van der Waals surface area contributed by atoms with Crippen LogP contribution in [0.3, 0.4) is 0 Å². The molecule has 0 aliphatic heterocycles. The number of benzene rings is 1. The Kier molecular flexibility index (Phi) is 5.40. The average molecular weight is 266 g/mol. The number of hydrogen-bond donors (Lipinski definition) is 1. The minimum absolute atomic E-state index is 0.0515. The van der Waals surface area contributed by atoms with E-state index in [0.29, 0.717) is 5.56 Å².